The molecule has 1 aliphatic rings. The zero-order valence-corrected chi connectivity index (χ0v) is 15.8. The van der Waals surface area contributed by atoms with E-state index in [1.807, 2.05) is 39.8 Å². The van der Waals surface area contributed by atoms with Crippen LogP contribution in [0, 0.1) is 0 Å². The number of H-pyrrole nitrogens is 1. The largest absolute Gasteiger partial charge is 0.462 e. The molecule has 4 aromatic rings. The van der Waals surface area contributed by atoms with Gasteiger partial charge in [0.05, 0.1) is 17.3 Å². The number of carbonyl (C=O) groups excluding carboxylic acids is 1. The second-order valence-corrected chi connectivity index (χ2v) is 7.71. The summed E-state index contributed by atoms with van der Waals surface area (Å²) < 4.78 is 7.18. The van der Waals surface area contributed by atoms with Gasteiger partial charge in [0.15, 0.2) is 10.8 Å². The van der Waals surface area contributed by atoms with Crippen LogP contribution >= 0.6 is 11.3 Å². The topological polar surface area (TPSA) is 84.1 Å². The third kappa shape index (κ3) is 2.86. The van der Waals surface area contributed by atoms with Gasteiger partial charge in [-0.15, -0.1) is 11.3 Å². The van der Waals surface area contributed by atoms with Gasteiger partial charge in [-0.05, 0) is 37.1 Å². The molecule has 1 fully saturated rings. The van der Waals surface area contributed by atoms with Crippen LogP contribution < -0.4 is 5.69 Å². The molecule has 1 aliphatic heterocycles. The summed E-state index contributed by atoms with van der Waals surface area (Å²) in [7, 11) is 0. The summed E-state index contributed by atoms with van der Waals surface area (Å²) >= 11 is 1.40. The molecule has 28 heavy (non-hydrogen) atoms. The summed E-state index contributed by atoms with van der Waals surface area (Å²) in [6.45, 7) is 1.20. The van der Waals surface area contributed by atoms with Crippen molar-refractivity contribution in [2.45, 2.75) is 18.9 Å². The van der Waals surface area contributed by atoms with E-state index >= 15 is 0 Å². The molecule has 4 heterocycles. The van der Waals surface area contributed by atoms with Crippen LogP contribution in [0.5, 0.6) is 0 Å². The number of hydrogen-bond acceptors (Lipinski definition) is 5. The minimum atomic E-state index is -0.0893. The number of likely N-dealkylation sites (tertiary alicyclic amines) is 1. The molecule has 0 spiro atoms. The second kappa shape index (κ2) is 6.79. The number of nitrogens with one attached hydrogen (secondary N) is 1. The summed E-state index contributed by atoms with van der Waals surface area (Å²) in [4.78, 5) is 34.4. The van der Waals surface area contributed by atoms with E-state index in [1.54, 1.807) is 17.7 Å². The van der Waals surface area contributed by atoms with Crippen LogP contribution in [0.25, 0.3) is 21.8 Å². The second-order valence-electron chi connectivity index (χ2n) is 6.86. The predicted molar refractivity (Wildman–Crippen MR) is 107 cm³/mol. The summed E-state index contributed by atoms with van der Waals surface area (Å²) in [5.41, 5.74) is 2.12. The molecule has 7 nitrogen and oxygen atoms in total. The molecule has 0 radical (unpaired) electrons. The van der Waals surface area contributed by atoms with Crippen molar-refractivity contribution in [2.75, 3.05) is 13.1 Å². The average Bonchev–Trinajstić information content (AvgIpc) is 3.46. The van der Waals surface area contributed by atoms with Gasteiger partial charge in [-0.2, -0.15) is 0 Å². The van der Waals surface area contributed by atoms with E-state index in [9.17, 15) is 9.59 Å². The molecular weight excluding hydrogens is 376 g/mol. The lowest BCUT2D eigenvalue weighted by molar-refractivity contribution is 0.0690. The molecule has 1 aromatic carbocycles. The maximum absolute atomic E-state index is 12.8. The number of piperidine rings is 1. The van der Waals surface area contributed by atoms with Gasteiger partial charge in [0.2, 0.25) is 0 Å². The molecule has 0 aliphatic carbocycles. The third-order valence-electron chi connectivity index (χ3n) is 5.20. The molecule has 8 heteroatoms. The van der Waals surface area contributed by atoms with Crippen molar-refractivity contribution in [3.8, 4) is 10.8 Å². The van der Waals surface area contributed by atoms with Gasteiger partial charge >= 0.3 is 5.69 Å². The number of benzene rings is 1. The average molecular weight is 394 g/mol. The number of rotatable bonds is 3. The first kappa shape index (κ1) is 17.0. The van der Waals surface area contributed by atoms with Gasteiger partial charge in [-0.3, -0.25) is 9.36 Å². The number of hydrogen-bond donors (Lipinski definition) is 1. The van der Waals surface area contributed by atoms with Gasteiger partial charge in [0.25, 0.3) is 5.91 Å². The standard InChI is InChI=1S/C20H18N4O3S/c25-19(15-12-28-18(21-15)17-6-3-11-27-17)23-9-7-13(8-10-23)24-16-5-2-1-4-14(16)22-20(24)26/h1-6,11-13H,7-10H2,(H,22,26). The Morgan fingerprint density at radius 3 is 2.79 bits per heavy atom. The first-order valence-electron chi connectivity index (χ1n) is 9.18. The highest BCUT2D eigenvalue weighted by Gasteiger charge is 2.27. The Labute approximate surface area is 164 Å². The van der Waals surface area contributed by atoms with Crippen molar-refractivity contribution in [3.63, 3.8) is 0 Å². The molecule has 1 amide bonds. The van der Waals surface area contributed by atoms with E-state index in [2.05, 4.69) is 9.97 Å². The molecule has 0 unspecified atom stereocenters. The number of imidazole rings is 1. The van der Waals surface area contributed by atoms with Crippen LogP contribution in [0.3, 0.4) is 0 Å². The summed E-state index contributed by atoms with van der Waals surface area (Å²) in [6.07, 6.45) is 3.07. The number of furan rings is 1. The maximum Gasteiger partial charge on any atom is 0.326 e. The Bertz CT molecular complexity index is 1180. The Kier molecular flexibility index (Phi) is 4.12. The van der Waals surface area contributed by atoms with Crippen LogP contribution in [0.4, 0.5) is 0 Å². The Morgan fingerprint density at radius 2 is 2.00 bits per heavy atom. The first-order valence-corrected chi connectivity index (χ1v) is 10.1. The number of nitrogens with zero attached hydrogens (tertiary/aromatic N) is 3. The highest BCUT2D eigenvalue weighted by Crippen LogP contribution is 2.28. The highest BCUT2D eigenvalue weighted by atomic mass is 32.1. The summed E-state index contributed by atoms with van der Waals surface area (Å²) in [5, 5.41) is 2.48. The van der Waals surface area contributed by atoms with E-state index in [1.165, 1.54) is 11.3 Å². The van der Waals surface area contributed by atoms with Crippen LogP contribution in [-0.2, 0) is 0 Å². The van der Waals surface area contributed by atoms with Gasteiger partial charge in [-0.25, -0.2) is 9.78 Å². The molecule has 3 aromatic heterocycles. The highest BCUT2D eigenvalue weighted by molar-refractivity contribution is 7.13. The maximum atomic E-state index is 12.8. The van der Waals surface area contributed by atoms with E-state index in [0.717, 1.165) is 23.9 Å². The number of para-hydroxylation sites is 2. The zero-order chi connectivity index (χ0) is 19.1. The fourth-order valence-electron chi connectivity index (χ4n) is 3.81. The number of aromatic amines is 1. The van der Waals surface area contributed by atoms with Gasteiger partial charge in [0, 0.05) is 24.5 Å². The summed E-state index contributed by atoms with van der Waals surface area (Å²) in [6, 6.07) is 11.4. The molecule has 5 rings (SSSR count). The fraction of sp³-hybridized carbons (Fsp3) is 0.250. The number of aromatic nitrogens is 3. The monoisotopic (exact) mass is 394 g/mol. The Morgan fingerprint density at radius 1 is 1.18 bits per heavy atom. The third-order valence-corrected chi connectivity index (χ3v) is 6.05. The lowest BCUT2D eigenvalue weighted by atomic mass is 10.0. The smallest absolute Gasteiger partial charge is 0.326 e. The van der Waals surface area contributed by atoms with Crippen molar-refractivity contribution in [3.05, 3.63) is 64.2 Å². The van der Waals surface area contributed by atoms with Crippen molar-refractivity contribution in [1.29, 1.82) is 0 Å². The minimum absolute atomic E-state index is 0.0706. The Balaban J connectivity index is 1.31. The van der Waals surface area contributed by atoms with E-state index in [-0.39, 0.29) is 17.6 Å². The van der Waals surface area contributed by atoms with Crippen LogP contribution in [0.1, 0.15) is 29.4 Å². The van der Waals surface area contributed by atoms with E-state index in [0.29, 0.717) is 29.6 Å². The number of fused-ring (bicyclic) bond motifs is 1. The van der Waals surface area contributed by atoms with E-state index < -0.39 is 0 Å². The van der Waals surface area contributed by atoms with E-state index in [4.69, 9.17) is 4.42 Å². The van der Waals surface area contributed by atoms with Crippen molar-refractivity contribution in [1.82, 2.24) is 19.4 Å². The fourth-order valence-corrected chi connectivity index (χ4v) is 4.57. The molecular formula is C20H18N4O3S. The number of amides is 1. The minimum Gasteiger partial charge on any atom is -0.462 e. The summed E-state index contributed by atoms with van der Waals surface area (Å²) in [5.74, 6) is 0.597. The molecule has 1 N–H and O–H groups in total. The predicted octanol–water partition coefficient (Wildman–Crippen LogP) is 3.52. The SMILES string of the molecule is O=C(c1csc(-c2ccco2)n1)N1CCC(n2c(=O)[nH]c3ccccc32)CC1. The number of thiazole rings is 1. The van der Waals surface area contributed by atoms with Gasteiger partial charge in [-0.1, -0.05) is 12.1 Å². The number of carbonyl (C=O) groups is 1. The van der Waals surface area contributed by atoms with Crippen LogP contribution in [0.2, 0.25) is 0 Å². The van der Waals surface area contributed by atoms with Gasteiger partial charge < -0.3 is 14.3 Å². The van der Waals surface area contributed by atoms with Crippen molar-refractivity contribution >= 4 is 28.3 Å². The molecule has 0 saturated carbocycles. The van der Waals surface area contributed by atoms with Crippen LogP contribution in [-0.4, -0.2) is 38.4 Å². The lowest BCUT2D eigenvalue weighted by Gasteiger charge is -2.32. The van der Waals surface area contributed by atoms with Gasteiger partial charge in [0.1, 0.15) is 5.69 Å². The Hall–Kier alpha value is -3.13. The van der Waals surface area contributed by atoms with Crippen molar-refractivity contribution in [2.24, 2.45) is 0 Å². The zero-order valence-electron chi connectivity index (χ0n) is 15.0. The molecule has 1 saturated heterocycles. The quantitative estimate of drug-likeness (QED) is 0.576. The normalized spacial score (nSPS) is 15.4. The van der Waals surface area contributed by atoms with Crippen LogP contribution in [0.15, 0.2) is 57.3 Å². The lowest BCUT2D eigenvalue weighted by Crippen LogP contribution is -2.40. The molecule has 0 atom stereocenters. The van der Waals surface area contributed by atoms with Crippen molar-refractivity contribution < 1.29 is 9.21 Å². The molecule has 142 valence electrons. The first-order chi connectivity index (χ1) is 13.7. The molecule has 0 bridgehead atoms.